The molecule has 1 aliphatic rings. The van der Waals surface area contributed by atoms with Crippen molar-refractivity contribution in [2.45, 2.75) is 38.8 Å². The Morgan fingerprint density at radius 1 is 1.64 bits per heavy atom. The summed E-state index contributed by atoms with van der Waals surface area (Å²) in [6.07, 6.45) is 4.20. The minimum absolute atomic E-state index is 0.629. The SMILES string of the molecule is CC(CC1CC1)NCc1sccc1N. The van der Waals surface area contributed by atoms with Crippen LogP contribution in [0.25, 0.3) is 0 Å². The first-order chi connectivity index (χ1) is 6.75. The molecule has 78 valence electrons. The second kappa shape index (κ2) is 4.32. The standard InChI is InChI=1S/C11H18N2S/c1-8(6-9-2-3-9)13-7-11-10(12)4-5-14-11/h4-5,8-9,13H,2-3,6-7,12H2,1H3. The Kier molecular flexibility index (Phi) is 3.08. The van der Waals surface area contributed by atoms with E-state index in [4.69, 9.17) is 5.73 Å². The Morgan fingerprint density at radius 3 is 3.00 bits per heavy atom. The van der Waals surface area contributed by atoms with Gasteiger partial charge in [0.05, 0.1) is 0 Å². The minimum atomic E-state index is 0.629. The van der Waals surface area contributed by atoms with Crippen LogP contribution >= 0.6 is 11.3 Å². The predicted octanol–water partition coefficient (Wildman–Crippen LogP) is 2.61. The summed E-state index contributed by atoms with van der Waals surface area (Å²) < 4.78 is 0. The molecule has 0 aliphatic heterocycles. The Morgan fingerprint density at radius 2 is 2.43 bits per heavy atom. The van der Waals surface area contributed by atoms with Crippen LogP contribution in [0.3, 0.4) is 0 Å². The summed E-state index contributed by atoms with van der Waals surface area (Å²) >= 11 is 1.74. The zero-order valence-electron chi connectivity index (χ0n) is 8.62. The average molecular weight is 210 g/mol. The third-order valence-corrected chi connectivity index (χ3v) is 3.71. The molecular formula is C11H18N2S. The van der Waals surface area contributed by atoms with Crippen LogP contribution in [0.5, 0.6) is 0 Å². The van der Waals surface area contributed by atoms with Crippen LogP contribution in [0.1, 0.15) is 31.1 Å². The monoisotopic (exact) mass is 210 g/mol. The van der Waals surface area contributed by atoms with E-state index in [1.807, 2.05) is 6.07 Å². The first-order valence-corrected chi connectivity index (χ1v) is 6.19. The smallest absolute Gasteiger partial charge is 0.0468 e. The van der Waals surface area contributed by atoms with Gasteiger partial charge in [-0.05, 0) is 30.7 Å². The maximum absolute atomic E-state index is 5.81. The van der Waals surface area contributed by atoms with E-state index in [2.05, 4.69) is 17.6 Å². The molecule has 0 amide bonds. The Bertz CT molecular complexity index is 291. The molecule has 1 saturated carbocycles. The Hall–Kier alpha value is -0.540. The van der Waals surface area contributed by atoms with E-state index in [9.17, 15) is 0 Å². The molecule has 3 N–H and O–H groups in total. The normalized spacial score (nSPS) is 18.4. The van der Waals surface area contributed by atoms with Crippen LogP contribution in [0.2, 0.25) is 0 Å². The fourth-order valence-corrected chi connectivity index (χ4v) is 2.45. The zero-order chi connectivity index (χ0) is 9.97. The third-order valence-electron chi connectivity index (χ3n) is 2.77. The maximum Gasteiger partial charge on any atom is 0.0468 e. The minimum Gasteiger partial charge on any atom is -0.398 e. The van der Waals surface area contributed by atoms with Crippen molar-refractivity contribution in [1.82, 2.24) is 5.32 Å². The van der Waals surface area contributed by atoms with Crippen molar-refractivity contribution in [2.75, 3.05) is 5.73 Å². The van der Waals surface area contributed by atoms with Gasteiger partial charge in [0.25, 0.3) is 0 Å². The Balaban J connectivity index is 1.73. The molecule has 3 heteroatoms. The summed E-state index contributed by atoms with van der Waals surface area (Å²) in [6, 6.07) is 2.61. The van der Waals surface area contributed by atoms with Crippen molar-refractivity contribution in [1.29, 1.82) is 0 Å². The molecule has 1 fully saturated rings. The molecular weight excluding hydrogens is 192 g/mol. The number of nitrogens with one attached hydrogen (secondary N) is 1. The van der Waals surface area contributed by atoms with Crippen molar-refractivity contribution < 1.29 is 0 Å². The zero-order valence-corrected chi connectivity index (χ0v) is 9.44. The molecule has 1 heterocycles. The highest BCUT2D eigenvalue weighted by atomic mass is 32.1. The quantitative estimate of drug-likeness (QED) is 0.784. The highest BCUT2D eigenvalue weighted by Crippen LogP contribution is 2.33. The molecule has 1 aromatic heterocycles. The van der Waals surface area contributed by atoms with Crippen LogP contribution in [0.15, 0.2) is 11.4 Å². The molecule has 0 radical (unpaired) electrons. The molecule has 14 heavy (non-hydrogen) atoms. The molecule has 1 unspecified atom stereocenters. The summed E-state index contributed by atoms with van der Waals surface area (Å²) in [7, 11) is 0. The van der Waals surface area contributed by atoms with E-state index in [-0.39, 0.29) is 0 Å². The highest BCUT2D eigenvalue weighted by molar-refractivity contribution is 7.10. The van der Waals surface area contributed by atoms with Crippen molar-refractivity contribution in [3.05, 3.63) is 16.3 Å². The molecule has 0 bridgehead atoms. The largest absolute Gasteiger partial charge is 0.398 e. The summed E-state index contributed by atoms with van der Waals surface area (Å²) in [5, 5.41) is 5.58. The molecule has 0 spiro atoms. The van der Waals surface area contributed by atoms with E-state index in [1.54, 1.807) is 11.3 Å². The first kappa shape index (κ1) is 9.99. The van der Waals surface area contributed by atoms with Gasteiger partial charge in [0, 0.05) is 23.2 Å². The lowest BCUT2D eigenvalue weighted by Crippen LogP contribution is -2.25. The van der Waals surface area contributed by atoms with Gasteiger partial charge in [0.2, 0.25) is 0 Å². The van der Waals surface area contributed by atoms with Gasteiger partial charge in [0.1, 0.15) is 0 Å². The number of anilines is 1. The van der Waals surface area contributed by atoms with Crippen molar-refractivity contribution in [3.63, 3.8) is 0 Å². The molecule has 2 nitrogen and oxygen atoms in total. The van der Waals surface area contributed by atoms with Crippen LogP contribution < -0.4 is 11.1 Å². The molecule has 1 atom stereocenters. The molecule has 1 aromatic rings. The van der Waals surface area contributed by atoms with Gasteiger partial charge in [-0.3, -0.25) is 0 Å². The van der Waals surface area contributed by atoms with E-state index in [0.717, 1.165) is 18.2 Å². The van der Waals surface area contributed by atoms with Gasteiger partial charge >= 0.3 is 0 Å². The van der Waals surface area contributed by atoms with Gasteiger partial charge in [-0.1, -0.05) is 12.8 Å². The number of hydrogen-bond donors (Lipinski definition) is 2. The molecule has 0 saturated heterocycles. The molecule has 1 aliphatic carbocycles. The highest BCUT2D eigenvalue weighted by Gasteiger charge is 2.23. The lowest BCUT2D eigenvalue weighted by molar-refractivity contribution is 0.490. The fraction of sp³-hybridized carbons (Fsp3) is 0.636. The summed E-state index contributed by atoms with van der Waals surface area (Å²) in [5.74, 6) is 0.998. The van der Waals surface area contributed by atoms with Crippen LogP contribution in [0.4, 0.5) is 5.69 Å². The topological polar surface area (TPSA) is 38.0 Å². The van der Waals surface area contributed by atoms with Gasteiger partial charge < -0.3 is 11.1 Å². The summed E-state index contributed by atoms with van der Waals surface area (Å²) in [5.41, 5.74) is 6.74. The average Bonchev–Trinajstić information content (AvgIpc) is 2.86. The number of nitrogens with two attached hydrogens (primary N) is 1. The van der Waals surface area contributed by atoms with E-state index in [0.29, 0.717) is 6.04 Å². The lowest BCUT2D eigenvalue weighted by atomic mass is 10.1. The van der Waals surface area contributed by atoms with E-state index >= 15 is 0 Å². The van der Waals surface area contributed by atoms with Crippen LogP contribution in [-0.2, 0) is 6.54 Å². The van der Waals surface area contributed by atoms with E-state index < -0.39 is 0 Å². The third kappa shape index (κ3) is 2.72. The maximum atomic E-state index is 5.81. The van der Waals surface area contributed by atoms with Crippen LogP contribution in [0, 0.1) is 5.92 Å². The number of nitrogen functional groups attached to an aromatic ring is 1. The molecule has 2 rings (SSSR count). The van der Waals surface area contributed by atoms with Gasteiger partial charge in [-0.2, -0.15) is 0 Å². The summed E-state index contributed by atoms with van der Waals surface area (Å²) in [4.78, 5) is 1.27. The number of hydrogen-bond acceptors (Lipinski definition) is 3. The number of thiophene rings is 1. The van der Waals surface area contributed by atoms with Crippen LogP contribution in [-0.4, -0.2) is 6.04 Å². The summed E-state index contributed by atoms with van der Waals surface area (Å²) in [6.45, 7) is 3.19. The first-order valence-electron chi connectivity index (χ1n) is 5.31. The van der Waals surface area contributed by atoms with Crippen molar-refractivity contribution >= 4 is 17.0 Å². The predicted molar refractivity (Wildman–Crippen MR) is 62.4 cm³/mol. The second-order valence-corrected chi connectivity index (χ2v) is 5.26. The van der Waals surface area contributed by atoms with Crippen molar-refractivity contribution in [3.8, 4) is 0 Å². The van der Waals surface area contributed by atoms with Gasteiger partial charge in [-0.15, -0.1) is 11.3 Å². The Labute approximate surface area is 89.5 Å². The molecule has 0 aromatic carbocycles. The van der Waals surface area contributed by atoms with E-state index in [1.165, 1.54) is 24.1 Å². The fourth-order valence-electron chi connectivity index (χ4n) is 1.70. The van der Waals surface area contributed by atoms with Crippen molar-refractivity contribution in [2.24, 2.45) is 5.92 Å². The lowest BCUT2D eigenvalue weighted by Gasteiger charge is -2.12. The second-order valence-electron chi connectivity index (χ2n) is 4.26. The van der Waals surface area contributed by atoms with Gasteiger partial charge in [0.15, 0.2) is 0 Å². The number of rotatable bonds is 5. The van der Waals surface area contributed by atoms with Gasteiger partial charge in [-0.25, -0.2) is 0 Å².